The molecule has 0 aliphatic heterocycles. The number of aromatic nitrogens is 2. The van der Waals surface area contributed by atoms with E-state index in [0.29, 0.717) is 10.6 Å². The lowest BCUT2D eigenvalue weighted by molar-refractivity contribution is 0.399. The monoisotopic (exact) mass is 453 g/mol. The van der Waals surface area contributed by atoms with Crippen molar-refractivity contribution in [3.8, 4) is 11.4 Å². The molecule has 4 aromatic rings. The van der Waals surface area contributed by atoms with Crippen LogP contribution in [0.5, 0.6) is 5.75 Å². The average Bonchev–Trinajstić information content (AvgIpc) is 3.29. The standard InChI is InChI=1S/C23H20ClN3O3S/c24-20-7-11-23(12-8-20)31(29,30)26(17-19-3-1-4-22(28)15-19)16-18-5-9-21(10-6-18)27-14-2-13-25-27/h1-15,28H,16-17H2. The SMILES string of the molecule is O=S(=O)(c1ccc(Cl)cc1)N(Cc1ccc(-n2cccn2)cc1)Cc1cccc(O)c1. The Morgan fingerprint density at radius 3 is 2.26 bits per heavy atom. The molecule has 0 aliphatic rings. The van der Waals surface area contributed by atoms with Crippen LogP contribution in [0.25, 0.3) is 5.69 Å². The maximum atomic E-state index is 13.4. The Morgan fingerprint density at radius 1 is 0.903 bits per heavy atom. The second-order valence-electron chi connectivity index (χ2n) is 7.01. The normalized spacial score (nSPS) is 11.7. The number of benzene rings is 3. The summed E-state index contributed by atoms with van der Waals surface area (Å²) in [7, 11) is -3.80. The van der Waals surface area contributed by atoms with Crippen LogP contribution in [0.3, 0.4) is 0 Å². The molecule has 4 rings (SSSR count). The van der Waals surface area contributed by atoms with Crippen LogP contribution < -0.4 is 0 Å². The van der Waals surface area contributed by atoms with Gasteiger partial charge < -0.3 is 5.11 Å². The summed E-state index contributed by atoms with van der Waals surface area (Å²) in [5, 5.41) is 14.5. The summed E-state index contributed by atoms with van der Waals surface area (Å²) in [6, 6.07) is 22.1. The first-order valence-electron chi connectivity index (χ1n) is 9.54. The summed E-state index contributed by atoms with van der Waals surface area (Å²) in [6.07, 6.45) is 3.54. The summed E-state index contributed by atoms with van der Waals surface area (Å²) in [5.74, 6) is 0.0879. The zero-order valence-electron chi connectivity index (χ0n) is 16.5. The van der Waals surface area contributed by atoms with E-state index >= 15 is 0 Å². The zero-order chi connectivity index (χ0) is 21.8. The molecule has 0 amide bonds. The lowest BCUT2D eigenvalue weighted by atomic mass is 10.2. The van der Waals surface area contributed by atoms with E-state index in [0.717, 1.165) is 11.3 Å². The summed E-state index contributed by atoms with van der Waals surface area (Å²) < 4.78 is 29.9. The van der Waals surface area contributed by atoms with Gasteiger partial charge in [-0.15, -0.1) is 0 Å². The van der Waals surface area contributed by atoms with Gasteiger partial charge >= 0.3 is 0 Å². The number of hydrogen-bond acceptors (Lipinski definition) is 4. The molecule has 0 fully saturated rings. The van der Waals surface area contributed by atoms with Crippen LogP contribution in [0.4, 0.5) is 0 Å². The van der Waals surface area contributed by atoms with Gasteiger partial charge in [0.25, 0.3) is 0 Å². The van der Waals surface area contributed by atoms with Crippen molar-refractivity contribution in [1.29, 1.82) is 0 Å². The third-order valence-corrected chi connectivity index (χ3v) is 6.84. The largest absolute Gasteiger partial charge is 0.508 e. The molecule has 0 atom stereocenters. The number of hydrogen-bond donors (Lipinski definition) is 1. The Bertz CT molecular complexity index is 1260. The van der Waals surface area contributed by atoms with Crippen LogP contribution in [0.15, 0.2) is 96.2 Å². The molecular weight excluding hydrogens is 434 g/mol. The summed E-state index contributed by atoms with van der Waals surface area (Å²) in [6.45, 7) is 0.278. The van der Waals surface area contributed by atoms with Gasteiger partial charge in [0.1, 0.15) is 5.75 Å². The van der Waals surface area contributed by atoms with E-state index in [9.17, 15) is 13.5 Å². The van der Waals surface area contributed by atoms with E-state index < -0.39 is 10.0 Å². The highest BCUT2D eigenvalue weighted by atomic mass is 35.5. The second-order valence-corrected chi connectivity index (χ2v) is 9.39. The first-order valence-corrected chi connectivity index (χ1v) is 11.4. The fourth-order valence-electron chi connectivity index (χ4n) is 3.22. The van der Waals surface area contributed by atoms with E-state index in [1.54, 1.807) is 47.3 Å². The van der Waals surface area contributed by atoms with Crippen LogP contribution in [-0.2, 0) is 23.1 Å². The summed E-state index contributed by atoms with van der Waals surface area (Å²) >= 11 is 5.93. The fourth-order valence-corrected chi connectivity index (χ4v) is 4.76. The quantitative estimate of drug-likeness (QED) is 0.443. The van der Waals surface area contributed by atoms with E-state index in [2.05, 4.69) is 5.10 Å². The predicted octanol–water partition coefficient (Wildman–Crippen LogP) is 4.62. The zero-order valence-corrected chi connectivity index (χ0v) is 18.0. The molecule has 0 saturated carbocycles. The van der Waals surface area contributed by atoms with Crippen LogP contribution in [0.1, 0.15) is 11.1 Å². The second kappa shape index (κ2) is 8.93. The number of nitrogens with zero attached hydrogens (tertiary/aromatic N) is 3. The minimum Gasteiger partial charge on any atom is -0.508 e. The van der Waals surface area contributed by atoms with Crippen molar-refractivity contribution in [2.75, 3.05) is 0 Å². The molecule has 3 aromatic carbocycles. The van der Waals surface area contributed by atoms with E-state index in [-0.39, 0.29) is 23.7 Å². The highest BCUT2D eigenvalue weighted by molar-refractivity contribution is 7.89. The van der Waals surface area contributed by atoms with Gasteiger partial charge in [0.15, 0.2) is 0 Å². The molecule has 0 aliphatic carbocycles. The third-order valence-electron chi connectivity index (χ3n) is 4.79. The maximum absolute atomic E-state index is 13.4. The first kappa shape index (κ1) is 21.1. The lowest BCUT2D eigenvalue weighted by Crippen LogP contribution is -2.30. The summed E-state index contributed by atoms with van der Waals surface area (Å²) in [4.78, 5) is 0.158. The Hall–Kier alpha value is -3.13. The first-order chi connectivity index (χ1) is 14.9. The number of halogens is 1. The third kappa shape index (κ3) is 4.96. The van der Waals surface area contributed by atoms with Crippen LogP contribution >= 0.6 is 11.6 Å². The molecule has 1 N–H and O–H groups in total. The van der Waals surface area contributed by atoms with Crippen molar-refractivity contribution in [3.63, 3.8) is 0 Å². The minimum atomic E-state index is -3.80. The van der Waals surface area contributed by atoms with Gasteiger partial charge in [-0.05, 0) is 65.7 Å². The van der Waals surface area contributed by atoms with Gasteiger partial charge in [-0.3, -0.25) is 0 Å². The molecule has 31 heavy (non-hydrogen) atoms. The van der Waals surface area contributed by atoms with Gasteiger partial charge in [0, 0.05) is 30.5 Å². The van der Waals surface area contributed by atoms with Crippen molar-refractivity contribution in [2.24, 2.45) is 0 Å². The average molecular weight is 454 g/mol. The van der Waals surface area contributed by atoms with Crippen molar-refractivity contribution < 1.29 is 13.5 Å². The number of phenolic OH excluding ortho intramolecular Hbond substituents is 1. The van der Waals surface area contributed by atoms with E-state index in [4.69, 9.17) is 11.6 Å². The van der Waals surface area contributed by atoms with E-state index in [1.807, 2.05) is 36.5 Å². The maximum Gasteiger partial charge on any atom is 0.243 e. The minimum absolute atomic E-state index is 0.0879. The highest BCUT2D eigenvalue weighted by Gasteiger charge is 2.25. The van der Waals surface area contributed by atoms with Crippen molar-refractivity contribution in [1.82, 2.24) is 14.1 Å². The Labute approximate surface area is 186 Å². The molecule has 0 radical (unpaired) electrons. The van der Waals surface area contributed by atoms with Gasteiger partial charge in [-0.2, -0.15) is 9.40 Å². The molecule has 0 spiro atoms. The van der Waals surface area contributed by atoms with Crippen molar-refractivity contribution >= 4 is 21.6 Å². The van der Waals surface area contributed by atoms with Crippen LogP contribution in [0, 0.1) is 0 Å². The molecule has 8 heteroatoms. The van der Waals surface area contributed by atoms with Crippen LogP contribution in [-0.4, -0.2) is 27.6 Å². The number of aromatic hydroxyl groups is 1. The smallest absolute Gasteiger partial charge is 0.243 e. The molecule has 158 valence electrons. The van der Waals surface area contributed by atoms with Gasteiger partial charge in [-0.1, -0.05) is 35.9 Å². The molecule has 1 heterocycles. The number of sulfonamides is 1. The lowest BCUT2D eigenvalue weighted by Gasteiger charge is -2.23. The fraction of sp³-hybridized carbons (Fsp3) is 0.0870. The predicted molar refractivity (Wildman–Crippen MR) is 120 cm³/mol. The molecule has 6 nitrogen and oxygen atoms in total. The van der Waals surface area contributed by atoms with Crippen molar-refractivity contribution in [2.45, 2.75) is 18.0 Å². The van der Waals surface area contributed by atoms with Gasteiger partial charge in [0.05, 0.1) is 10.6 Å². The van der Waals surface area contributed by atoms with E-state index in [1.165, 1.54) is 16.4 Å². The Kier molecular flexibility index (Phi) is 6.08. The summed E-state index contributed by atoms with van der Waals surface area (Å²) in [5.41, 5.74) is 2.40. The van der Waals surface area contributed by atoms with Gasteiger partial charge in [0.2, 0.25) is 10.0 Å². The Balaban J connectivity index is 1.65. The van der Waals surface area contributed by atoms with Gasteiger partial charge in [-0.25, -0.2) is 13.1 Å². The molecule has 0 unspecified atom stereocenters. The molecule has 1 aromatic heterocycles. The molecular formula is C23H20ClN3O3S. The number of rotatable bonds is 7. The molecule has 0 saturated heterocycles. The topological polar surface area (TPSA) is 75.4 Å². The molecule has 0 bridgehead atoms. The van der Waals surface area contributed by atoms with Crippen LogP contribution in [0.2, 0.25) is 5.02 Å². The highest BCUT2D eigenvalue weighted by Crippen LogP contribution is 2.24. The number of phenols is 1. The Morgan fingerprint density at radius 2 is 1.61 bits per heavy atom. The van der Waals surface area contributed by atoms with Crippen molar-refractivity contribution in [3.05, 3.63) is 107 Å².